The van der Waals surface area contributed by atoms with Crippen molar-refractivity contribution in [3.63, 3.8) is 0 Å². The summed E-state index contributed by atoms with van der Waals surface area (Å²) in [6.07, 6.45) is 1.43. The van der Waals surface area contributed by atoms with Gasteiger partial charge in [0.15, 0.2) is 11.5 Å². The van der Waals surface area contributed by atoms with E-state index in [2.05, 4.69) is 10.5 Å². The Morgan fingerprint density at radius 3 is 2.92 bits per heavy atom. The molecule has 1 amide bonds. The second-order valence-electron chi connectivity index (χ2n) is 5.38. The molecule has 0 atom stereocenters. The summed E-state index contributed by atoms with van der Waals surface area (Å²) >= 11 is 1.53. The van der Waals surface area contributed by atoms with Gasteiger partial charge in [-0.05, 0) is 41.5 Å². The molecule has 2 aromatic heterocycles. The second-order valence-corrected chi connectivity index (χ2v) is 6.32. The maximum atomic E-state index is 12.1. The van der Waals surface area contributed by atoms with Crippen LogP contribution in [0.5, 0.6) is 5.75 Å². The number of nitrogens with one attached hydrogen (secondary N) is 1. The Labute approximate surface area is 143 Å². The number of rotatable bonds is 6. The van der Waals surface area contributed by atoms with E-state index in [1.54, 1.807) is 12.1 Å². The highest BCUT2D eigenvalue weighted by Crippen LogP contribution is 2.25. The average molecular weight is 342 g/mol. The molecule has 0 unspecified atom stereocenters. The van der Waals surface area contributed by atoms with Gasteiger partial charge in [0.25, 0.3) is 5.91 Å². The number of carbonyl (C=O) groups is 1. The topological polar surface area (TPSA) is 75.4 Å². The standard InChI is InChI=1S/C18H18N2O3S/c1-2-13-6-5-12(10-15(13)21)7-8-19-18(22)14-11-16(23-20-14)17-4-3-9-24-17/h3-6,9-11,21H,2,7-8H2,1H3,(H,19,22). The highest BCUT2D eigenvalue weighted by Gasteiger charge is 2.13. The number of thiophene rings is 1. The molecule has 0 bridgehead atoms. The zero-order valence-corrected chi connectivity index (χ0v) is 14.1. The number of benzene rings is 1. The summed E-state index contributed by atoms with van der Waals surface area (Å²) in [6, 6.07) is 11.1. The van der Waals surface area contributed by atoms with Crippen molar-refractivity contribution in [2.45, 2.75) is 19.8 Å². The van der Waals surface area contributed by atoms with E-state index < -0.39 is 0 Å². The maximum Gasteiger partial charge on any atom is 0.273 e. The van der Waals surface area contributed by atoms with Gasteiger partial charge in [-0.1, -0.05) is 30.3 Å². The molecule has 1 aromatic carbocycles. The summed E-state index contributed by atoms with van der Waals surface area (Å²) in [5, 5.41) is 18.4. The fourth-order valence-electron chi connectivity index (χ4n) is 2.39. The van der Waals surface area contributed by atoms with Crippen LogP contribution in [-0.2, 0) is 12.8 Å². The molecule has 0 aliphatic rings. The molecule has 3 aromatic rings. The zero-order chi connectivity index (χ0) is 16.9. The van der Waals surface area contributed by atoms with Gasteiger partial charge >= 0.3 is 0 Å². The number of phenols is 1. The summed E-state index contributed by atoms with van der Waals surface area (Å²) in [7, 11) is 0. The van der Waals surface area contributed by atoms with Crippen molar-refractivity contribution in [2.24, 2.45) is 0 Å². The molecule has 124 valence electrons. The van der Waals surface area contributed by atoms with Crippen LogP contribution in [0.4, 0.5) is 0 Å². The van der Waals surface area contributed by atoms with E-state index in [4.69, 9.17) is 4.52 Å². The number of phenolic OH excluding ortho intramolecular Hbond substituents is 1. The van der Waals surface area contributed by atoms with Crippen molar-refractivity contribution < 1.29 is 14.4 Å². The zero-order valence-electron chi connectivity index (χ0n) is 13.3. The SMILES string of the molecule is CCc1ccc(CCNC(=O)c2cc(-c3cccs3)on2)cc1O. The minimum Gasteiger partial charge on any atom is -0.508 e. The molecule has 0 spiro atoms. The first-order valence-corrected chi connectivity index (χ1v) is 8.65. The number of nitrogens with zero attached hydrogens (tertiary/aromatic N) is 1. The van der Waals surface area contributed by atoms with Crippen molar-refractivity contribution in [1.29, 1.82) is 0 Å². The summed E-state index contributed by atoms with van der Waals surface area (Å²) in [5.74, 6) is 0.629. The Morgan fingerprint density at radius 2 is 2.21 bits per heavy atom. The van der Waals surface area contributed by atoms with E-state index in [0.717, 1.165) is 22.4 Å². The van der Waals surface area contributed by atoms with Gasteiger partial charge in [0.05, 0.1) is 4.88 Å². The highest BCUT2D eigenvalue weighted by molar-refractivity contribution is 7.13. The molecular formula is C18H18N2O3S. The fourth-order valence-corrected chi connectivity index (χ4v) is 3.07. The van der Waals surface area contributed by atoms with Crippen molar-refractivity contribution in [1.82, 2.24) is 10.5 Å². The smallest absolute Gasteiger partial charge is 0.273 e. The number of hydrogen-bond acceptors (Lipinski definition) is 5. The lowest BCUT2D eigenvalue weighted by Crippen LogP contribution is -2.25. The fraction of sp³-hybridized carbons (Fsp3) is 0.222. The molecule has 0 saturated carbocycles. The predicted molar refractivity (Wildman–Crippen MR) is 93.3 cm³/mol. The van der Waals surface area contributed by atoms with E-state index in [9.17, 15) is 9.90 Å². The van der Waals surface area contributed by atoms with E-state index in [1.165, 1.54) is 11.3 Å². The minimum absolute atomic E-state index is 0.266. The van der Waals surface area contributed by atoms with Crippen LogP contribution in [0.25, 0.3) is 10.6 Å². The number of aromatic hydroxyl groups is 1. The molecule has 0 aliphatic carbocycles. The Hall–Kier alpha value is -2.60. The van der Waals surface area contributed by atoms with Crippen LogP contribution in [0.3, 0.4) is 0 Å². The Morgan fingerprint density at radius 1 is 1.33 bits per heavy atom. The quantitative estimate of drug-likeness (QED) is 0.717. The third-order valence-corrected chi connectivity index (χ3v) is 4.62. The number of carbonyl (C=O) groups excluding carboxylic acids is 1. The van der Waals surface area contributed by atoms with E-state index in [1.807, 2.05) is 36.6 Å². The van der Waals surface area contributed by atoms with Crippen LogP contribution < -0.4 is 5.32 Å². The lowest BCUT2D eigenvalue weighted by molar-refractivity contribution is 0.0945. The van der Waals surface area contributed by atoms with Gasteiger partial charge in [0.2, 0.25) is 0 Å². The second kappa shape index (κ2) is 7.31. The summed E-state index contributed by atoms with van der Waals surface area (Å²) in [5.41, 5.74) is 2.17. The van der Waals surface area contributed by atoms with Gasteiger partial charge in [-0.2, -0.15) is 0 Å². The molecule has 0 aliphatic heterocycles. The average Bonchev–Trinajstić information content (AvgIpc) is 3.26. The Balaban J connectivity index is 1.55. The largest absolute Gasteiger partial charge is 0.508 e. The highest BCUT2D eigenvalue weighted by atomic mass is 32.1. The molecule has 0 saturated heterocycles. The summed E-state index contributed by atoms with van der Waals surface area (Å²) in [6.45, 7) is 2.46. The molecule has 0 radical (unpaired) electrons. The van der Waals surface area contributed by atoms with Crippen LogP contribution in [0.2, 0.25) is 0 Å². The first kappa shape index (κ1) is 16.3. The van der Waals surface area contributed by atoms with Crippen LogP contribution >= 0.6 is 11.3 Å². The van der Waals surface area contributed by atoms with Crippen LogP contribution in [0, 0.1) is 0 Å². The molecule has 2 N–H and O–H groups in total. The maximum absolute atomic E-state index is 12.1. The van der Waals surface area contributed by atoms with Crippen molar-refractivity contribution in [3.05, 3.63) is 58.6 Å². The number of aromatic nitrogens is 1. The van der Waals surface area contributed by atoms with Gasteiger partial charge in [-0.3, -0.25) is 4.79 Å². The van der Waals surface area contributed by atoms with Crippen molar-refractivity contribution in [3.8, 4) is 16.4 Å². The first-order chi connectivity index (χ1) is 11.7. The van der Waals surface area contributed by atoms with Crippen LogP contribution in [0.15, 0.2) is 46.3 Å². The van der Waals surface area contributed by atoms with E-state index >= 15 is 0 Å². The van der Waals surface area contributed by atoms with Gasteiger partial charge in [-0.15, -0.1) is 11.3 Å². The first-order valence-electron chi connectivity index (χ1n) is 7.77. The minimum atomic E-state index is -0.268. The third-order valence-electron chi connectivity index (χ3n) is 3.74. The molecular weight excluding hydrogens is 324 g/mol. The number of aryl methyl sites for hydroxylation is 1. The molecule has 24 heavy (non-hydrogen) atoms. The van der Waals surface area contributed by atoms with Crippen molar-refractivity contribution >= 4 is 17.2 Å². The molecule has 6 heteroatoms. The van der Waals surface area contributed by atoms with Gasteiger partial charge < -0.3 is 14.9 Å². The third kappa shape index (κ3) is 3.65. The molecule has 3 rings (SSSR count). The summed E-state index contributed by atoms with van der Waals surface area (Å²) < 4.78 is 5.20. The number of hydrogen-bond donors (Lipinski definition) is 2. The van der Waals surface area contributed by atoms with Gasteiger partial charge in [-0.25, -0.2) is 0 Å². The molecule has 5 nitrogen and oxygen atoms in total. The lowest BCUT2D eigenvalue weighted by Gasteiger charge is -2.06. The Bertz CT molecular complexity index is 825. The predicted octanol–water partition coefficient (Wildman–Crippen LogP) is 3.64. The lowest BCUT2D eigenvalue weighted by atomic mass is 10.1. The van der Waals surface area contributed by atoms with E-state index in [0.29, 0.717) is 24.5 Å². The van der Waals surface area contributed by atoms with Crippen LogP contribution in [-0.4, -0.2) is 22.7 Å². The summed E-state index contributed by atoms with van der Waals surface area (Å²) in [4.78, 5) is 13.0. The normalized spacial score (nSPS) is 10.7. The van der Waals surface area contributed by atoms with Gasteiger partial charge in [0.1, 0.15) is 5.75 Å². The molecule has 0 fully saturated rings. The van der Waals surface area contributed by atoms with E-state index in [-0.39, 0.29) is 11.6 Å². The Kier molecular flexibility index (Phi) is 4.96. The molecule has 2 heterocycles. The number of amides is 1. The van der Waals surface area contributed by atoms with Crippen molar-refractivity contribution in [2.75, 3.05) is 6.54 Å². The van der Waals surface area contributed by atoms with Crippen LogP contribution in [0.1, 0.15) is 28.5 Å². The monoisotopic (exact) mass is 342 g/mol. The van der Waals surface area contributed by atoms with Gasteiger partial charge in [0, 0.05) is 12.6 Å².